The summed E-state index contributed by atoms with van der Waals surface area (Å²) >= 11 is 0. The second-order valence-electron chi connectivity index (χ2n) is 5.37. The van der Waals surface area contributed by atoms with Crippen molar-refractivity contribution in [1.29, 1.82) is 0 Å². The van der Waals surface area contributed by atoms with E-state index in [9.17, 15) is 14.9 Å². The van der Waals surface area contributed by atoms with Gasteiger partial charge in [0, 0.05) is 19.2 Å². The molecule has 20 heavy (non-hydrogen) atoms. The molecule has 0 atom stereocenters. The third-order valence-electron chi connectivity index (χ3n) is 3.46. The Labute approximate surface area is 116 Å². The maximum Gasteiger partial charge on any atom is 0.300 e. The summed E-state index contributed by atoms with van der Waals surface area (Å²) in [6.45, 7) is 5.14. The highest BCUT2D eigenvalue weighted by Gasteiger charge is 2.37. The summed E-state index contributed by atoms with van der Waals surface area (Å²) in [5.41, 5.74) is -0.0718. The Kier molecular flexibility index (Phi) is 3.87. The van der Waals surface area contributed by atoms with Gasteiger partial charge < -0.3 is 10.6 Å². The van der Waals surface area contributed by atoms with Gasteiger partial charge in [-0.25, -0.2) is 4.98 Å². The molecule has 2 rings (SSSR count). The Morgan fingerprint density at radius 1 is 1.55 bits per heavy atom. The second-order valence-corrected chi connectivity index (χ2v) is 5.37. The van der Waals surface area contributed by atoms with Gasteiger partial charge in [-0.05, 0) is 25.2 Å². The molecule has 1 aromatic heterocycles. The van der Waals surface area contributed by atoms with Crippen molar-refractivity contribution in [3.8, 4) is 0 Å². The molecule has 0 aliphatic heterocycles. The van der Waals surface area contributed by atoms with Crippen LogP contribution in [0.15, 0.2) is 12.3 Å². The molecule has 0 aromatic carbocycles. The number of hydrogen-bond donors (Lipinski definition) is 2. The van der Waals surface area contributed by atoms with Crippen LogP contribution in [0, 0.1) is 15.5 Å². The van der Waals surface area contributed by atoms with E-state index in [1.54, 1.807) is 0 Å². The van der Waals surface area contributed by atoms with Crippen LogP contribution in [0.4, 0.5) is 11.5 Å². The molecule has 1 aliphatic carbocycles. The number of anilines is 1. The van der Waals surface area contributed by atoms with Crippen LogP contribution in [0.5, 0.6) is 0 Å². The number of nitrogens with zero attached hydrogens (tertiary/aromatic N) is 2. The lowest BCUT2D eigenvalue weighted by molar-refractivity contribution is -0.385. The largest absolute Gasteiger partial charge is 0.370 e. The van der Waals surface area contributed by atoms with Gasteiger partial charge >= 0.3 is 0 Å². The average molecular weight is 278 g/mol. The number of aromatic nitrogens is 1. The third-order valence-corrected chi connectivity index (χ3v) is 3.46. The van der Waals surface area contributed by atoms with Crippen LogP contribution < -0.4 is 10.6 Å². The summed E-state index contributed by atoms with van der Waals surface area (Å²) in [6.07, 6.45) is 3.27. The molecule has 1 saturated carbocycles. The lowest BCUT2D eigenvalue weighted by Crippen LogP contribution is -2.29. The number of amides is 1. The number of pyridine rings is 1. The van der Waals surface area contributed by atoms with Gasteiger partial charge in [0.1, 0.15) is 17.6 Å². The predicted molar refractivity (Wildman–Crippen MR) is 74.7 cm³/mol. The Morgan fingerprint density at radius 3 is 2.80 bits per heavy atom. The fourth-order valence-electron chi connectivity index (χ4n) is 1.83. The average Bonchev–Trinajstić information content (AvgIpc) is 3.14. The van der Waals surface area contributed by atoms with Gasteiger partial charge in [0.15, 0.2) is 0 Å². The maximum atomic E-state index is 12.1. The SMILES string of the molecule is CCNc1cc(C(=O)NCC2(C)CC2)c([N+](=O)[O-])cn1. The molecule has 1 amide bonds. The first-order valence-corrected chi connectivity index (χ1v) is 6.62. The Hall–Kier alpha value is -2.18. The van der Waals surface area contributed by atoms with Crippen LogP contribution in [-0.4, -0.2) is 28.9 Å². The Balaban J connectivity index is 2.19. The zero-order chi connectivity index (χ0) is 14.8. The summed E-state index contributed by atoms with van der Waals surface area (Å²) in [6, 6.07) is 1.42. The molecule has 7 nitrogen and oxygen atoms in total. The molecule has 0 radical (unpaired) electrons. The first kappa shape index (κ1) is 14.2. The van der Waals surface area contributed by atoms with Crippen molar-refractivity contribution >= 4 is 17.4 Å². The summed E-state index contributed by atoms with van der Waals surface area (Å²) < 4.78 is 0. The zero-order valence-corrected chi connectivity index (χ0v) is 11.6. The van der Waals surface area contributed by atoms with E-state index >= 15 is 0 Å². The molecule has 0 bridgehead atoms. The topological polar surface area (TPSA) is 97.2 Å². The number of carbonyl (C=O) groups is 1. The van der Waals surface area contributed by atoms with Gasteiger partial charge in [-0.1, -0.05) is 6.92 Å². The van der Waals surface area contributed by atoms with E-state index in [0.29, 0.717) is 18.9 Å². The van der Waals surface area contributed by atoms with E-state index in [1.165, 1.54) is 6.07 Å². The normalized spacial score (nSPS) is 15.5. The molecule has 1 fully saturated rings. The summed E-state index contributed by atoms with van der Waals surface area (Å²) in [5, 5.41) is 16.7. The van der Waals surface area contributed by atoms with Crippen LogP contribution in [0.1, 0.15) is 37.0 Å². The fourth-order valence-corrected chi connectivity index (χ4v) is 1.83. The number of rotatable bonds is 6. The minimum atomic E-state index is -0.587. The van der Waals surface area contributed by atoms with E-state index in [-0.39, 0.29) is 16.7 Å². The Morgan fingerprint density at radius 2 is 2.25 bits per heavy atom. The highest BCUT2D eigenvalue weighted by Crippen LogP contribution is 2.44. The summed E-state index contributed by atoms with van der Waals surface area (Å²) in [7, 11) is 0. The first-order chi connectivity index (χ1) is 9.45. The van der Waals surface area contributed by atoms with E-state index in [0.717, 1.165) is 19.0 Å². The second kappa shape index (κ2) is 5.44. The van der Waals surface area contributed by atoms with Crippen molar-refractivity contribution in [3.63, 3.8) is 0 Å². The van der Waals surface area contributed by atoms with Crippen molar-refractivity contribution in [1.82, 2.24) is 10.3 Å². The number of carbonyl (C=O) groups excluding carboxylic acids is 1. The molecule has 2 N–H and O–H groups in total. The summed E-state index contributed by atoms with van der Waals surface area (Å²) in [4.78, 5) is 26.4. The first-order valence-electron chi connectivity index (χ1n) is 6.62. The zero-order valence-electron chi connectivity index (χ0n) is 11.6. The molecule has 0 unspecified atom stereocenters. The van der Waals surface area contributed by atoms with Crippen molar-refractivity contribution < 1.29 is 9.72 Å². The van der Waals surface area contributed by atoms with Crippen molar-refractivity contribution in [2.75, 3.05) is 18.4 Å². The highest BCUT2D eigenvalue weighted by molar-refractivity contribution is 5.98. The van der Waals surface area contributed by atoms with Crippen molar-refractivity contribution in [3.05, 3.63) is 27.9 Å². The van der Waals surface area contributed by atoms with Crippen LogP contribution >= 0.6 is 0 Å². The summed E-state index contributed by atoms with van der Waals surface area (Å²) in [5.74, 6) is 0.0345. The monoisotopic (exact) mass is 278 g/mol. The van der Waals surface area contributed by atoms with E-state index in [1.807, 2.05) is 6.92 Å². The van der Waals surface area contributed by atoms with Crippen molar-refractivity contribution in [2.24, 2.45) is 5.41 Å². The van der Waals surface area contributed by atoms with E-state index in [4.69, 9.17) is 0 Å². The van der Waals surface area contributed by atoms with Gasteiger partial charge in [0.2, 0.25) is 0 Å². The molecular formula is C13H18N4O3. The van der Waals surface area contributed by atoms with Crippen LogP contribution in [0.2, 0.25) is 0 Å². The van der Waals surface area contributed by atoms with Gasteiger partial charge in [-0.2, -0.15) is 0 Å². The third kappa shape index (κ3) is 3.23. The van der Waals surface area contributed by atoms with Crippen molar-refractivity contribution in [2.45, 2.75) is 26.7 Å². The van der Waals surface area contributed by atoms with Gasteiger partial charge in [0.25, 0.3) is 11.6 Å². The molecule has 1 heterocycles. The van der Waals surface area contributed by atoms with Gasteiger partial charge in [-0.15, -0.1) is 0 Å². The molecule has 1 aliphatic rings. The lowest BCUT2D eigenvalue weighted by Gasteiger charge is -2.11. The minimum Gasteiger partial charge on any atom is -0.370 e. The highest BCUT2D eigenvalue weighted by atomic mass is 16.6. The molecule has 0 saturated heterocycles. The number of nitrogens with one attached hydrogen (secondary N) is 2. The lowest BCUT2D eigenvalue weighted by atomic mass is 10.1. The van der Waals surface area contributed by atoms with E-state index in [2.05, 4.69) is 22.5 Å². The standard InChI is InChI=1S/C13H18N4O3/c1-3-14-11-6-9(10(7-15-11)17(19)20)12(18)16-8-13(2)4-5-13/h6-7H,3-5,8H2,1-2H3,(H,14,15)(H,16,18). The van der Waals surface area contributed by atoms with Gasteiger partial charge in [-0.3, -0.25) is 14.9 Å². The quantitative estimate of drug-likeness (QED) is 0.612. The molecular weight excluding hydrogens is 260 g/mol. The fraction of sp³-hybridized carbons (Fsp3) is 0.538. The smallest absolute Gasteiger partial charge is 0.300 e. The van der Waals surface area contributed by atoms with Gasteiger partial charge in [0.05, 0.1) is 4.92 Å². The van der Waals surface area contributed by atoms with Crippen LogP contribution in [0.25, 0.3) is 0 Å². The molecule has 1 aromatic rings. The van der Waals surface area contributed by atoms with E-state index < -0.39 is 10.8 Å². The predicted octanol–water partition coefficient (Wildman–Crippen LogP) is 1.95. The minimum absolute atomic E-state index is 0.0465. The molecule has 7 heteroatoms. The Bertz CT molecular complexity index is 540. The molecule has 108 valence electrons. The number of nitro groups is 1. The molecule has 0 spiro atoms. The van der Waals surface area contributed by atoms with Crippen LogP contribution in [0.3, 0.4) is 0 Å². The number of hydrogen-bond acceptors (Lipinski definition) is 5. The maximum absolute atomic E-state index is 12.1. The van der Waals surface area contributed by atoms with Crippen LogP contribution in [-0.2, 0) is 0 Å².